The molecule has 0 saturated carbocycles. The summed E-state index contributed by atoms with van der Waals surface area (Å²) in [7, 11) is 1.43. The monoisotopic (exact) mass is 779 g/mol. The highest BCUT2D eigenvalue weighted by atomic mass is 31.2. The van der Waals surface area contributed by atoms with Gasteiger partial charge < -0.3 is 18.9 Å². The molecule has 9 nitrogen and oxygen atoms in total. The second-order valence-corrected chi connectivity index (χ2v) is 16.2. The van der Waals surface area contributed by atoms with Crippen molar-refractivity contribution in [2.75, 3.05) is 47.5 Å². The molecule has 0 aliphatic rings. The van der Waals surface area contributed by atoms with Gasteiger partial charge in [-0.3, -0.25) is 18.6 Å². The number of carbonyl (C=O) groups is 2. The Morgan fingerprint density at radius 1 is 0.611 bits per heavy atom. The third kappa shape index (κ3) is 39.2. The van der Waals surface area contributed by atoms with Gasteiger partial charge in [0.05, 0.1) is 27.7 Å². The largest absolute Gasteiger partial charge is 0.472 e. The molecule has 54 heavy (non-hydrogen) atoms. The van der Waals surface area contributed by atoms with Gasteiger partial charge in [-0.1, -0.05) is 138 Å². The summed E-state index contributed by atoms with van der Waals surface area (Å²) in [6.07, 6.45) is 43.8. The van der Waals surface area contributed by atoms with E-state index in [9.17, 15) is 19.0 Å². The molecule has 0 aliphatic heterocycles. The molecule has 0 spiro atoms. The van der Waals surface area contributed by atoms with Crippen LogP contribution in [0.15, 0.2) is 72.9 Å². The van der Waals surface area contributed by atoms with E-state index in [1.165, 1.54) is 38.5 Å². The van der Waals surface area contributed by atoms with Crippen molar-refractivity contribution in [3.8, 4) is 0 Å². The van der Waals surface area contributed by atoms with E-state index in [-0.39, 0.29) is 26.1 Å². The highest BCUT2D eigenvalue weighted by molar-refractivity contribution is 7.47. The Balaban J connectivity index is 4.51. The maximum absolute atomic E-state index is 12.6. The Hall–Kier alpha value is -2.55. The van der Waals surface area contributed by atoms with Gasteiger partial charge in [-0.2, -0.15) is 0 Å². The number of phosphoric acid groups is 1. The summed E-state index contributed by atoms with van der Waals surface area (Å²) in [6.45, 7) is 4.18. The van der Waals surface area contributed by atoms with E-state index in [1.54, 1.807) is 0 Å². The summed E-state index contributed by atoms with van der Waals surface area (Å²) in [5.41, 5.74) is 0. The van der Waals surface area contributed by atoms with E-state index in [0.717, 1.165) is 64.2 Å². The van der Waals surface area contributed by atoms with Crippen LogP contribution in [0.5, 0.6) is 0 Å². The standard InChI is InChI=1S/C44H76NO8P/c1-6-8-10-12-14-16-18-20-22-24-26-28-30-32-34-36-43(46)50-40-42(41-52-54(48,49)51-39-38-45(3,4)5)53-44(47)37-35-33-31-29-27-25-23-21-19-17-15-13-11-9-7-2/h8,10,12,14,16,18,20-23,27,29,42H,6-7,9,11,13,15,17,19,24-26,28,30-41H2,1-5H3/p+1/b10-8+,14-12+,18-16+,22-20+,23-21+,29-27+/t42-/m1/s1. The van der Waals surface area contributed by atoms with Crippen LogP contribution in [0.1, 0.15) is 142 Å². The summed E-state index contributed by atoms with van der Waals surface area (Å²) >= 11 is 0. The number of nitrogens with zero attached hydrogens (tertiary/aromatic N) is 1. The zero-order chi connectivity index (χ0) is 40.0. The third-order valence-corrected chi connectivity index (χ3v) is 9.30. The van der Waals surface area contributed by atoms with Gasteiger partial charge in [-0.25, -0.2) is 4.57 Å². The molecule has 10 heteroatoms. The first-order chi connectivity index (χ1) is 26.0. The normalized spacial score (nSPS) is 14.4. The number of rotatable bonds is 36. The van der Waals surface area contributed by atoms with E-state index in [0.29, 0.717) is 23.9 Å². The van der Waals surface area contributed by atoms with E-state index in [4.69, 9.17) is 18.5 Å². The molecular formula is C44H77NO8P+. The van der Waals surface area contributed by atoms with E-state index in [1.807, 2.05) is 51.5 Å². The molecule has 0 aromatic rings. The summed E-state index contributed by atoms with van der Waals surface area (Å²) < 4.78 is 34.2. The molecule has 0 amide bonds. The maximum atomic E-state index is 12.6. The predicted molar refractivity (Wildman–Crippen MR) is 224 cm³/mol. The summed E-state index contributed by atoms with van der Waals surface area (Å²) in [4.78, 5) is 35.3. The van der Waals surface area contributed by atoms with Crippen molar-refractivity contribution < 1.29 is 42.1 Å². The van der Waals surface area contributed by atoms with Gasteiger partial charge in [0, 0.05) is 12.8 Å². The number of quaternary nitrogens is 1. The topological polar surface area (TPSA) is 108 Å². The third-order valence-electron chi connectivity index (χ3n) is 8.32. The maximum Gasteiger partial charge on any atom is 0.472 e. The van der Waals surface area contributed by atoms with Crippen LogP contribution in [0.4, 0.5) is 0 Å². The lowest BCUT2D eigenvalue weighted by Gasteiger charge is -2.24. The summed E-state index contributed by atoms with van der Waals surface area (Å²) in [6, 6.07) is 0. The van der Waals surface area contributed by atoms with Crippen molar-refractivity contribution in [3.63, 3.8) is 0 Å². The fourth-order valence-corrected chi connectivity index (χ4v) is 5.79. The molecule has 0 radical (unpaired) electrons. The van der Waals surface area contributed by atoms with Crippen LogP contribution < -0.4 is 0 Å². The molecule has 0 rings (SSSR count). The number of unbranched alkanes of at least 4 members (excludes halogenated alkanes) is 13. The van der Waals surface area contributed by atoms with Gasteiger partial charge in [0.2, 0.25) is 0 Å². The Morgan fingerprint density at radius 3 is 1.76 bits per heavy atom. The molecule has 0 heterocycles. The molecule has 310 valence electrons. The SMILES string of the molecule is CC/C=C/C=C/C=C/C=C/CCCCCCCC(=O)OC[C@H](COP(=O)(O)OCC[N+](C)(C)C)OC(=O)CCCC/C=C/C/C=C/CCCCCCCC. The van der Waals surface area contributed by atoms with Crippen LogP contribution in [-0.2, 0) is 32.7 Å². The lowest BCUT2D eigenvalue weighted by atomic mass is 10.1. The first-order valence-electron chi connectivity index (χ1n) is 20.7. The summed E-state index contributed by atoms with van der Waals surface area (Å²) in [5, 5.41) is 0. The van der Waals surface area contributed by atoms with Crippen molar-refractivity contribution in [3.05, 3.63) is 72.9 Å². The molecule has 0 aromatic heterocycles. The van der Waals surface area contributed by atoms with Crippen molar-refractivity contribution in [1.29, 1.82) is 0 Å². The fourth-order valence-electron chi connectivity index (χ4n) is 5.05. The first kappa shape index (κ1) is 51.5. The van der Waals surface area contributed by atoms with E-state index >= 15 is 0 Å². The minimum absolute atomic E-state index is 0.0178. The second-order valence-electron chi connectivity index (χ2n) is 14.7. The lowest BCUT2D eigenvalue weighted by Crippen LogP contribution is -2.37. The van der Waals surface area contributed by atoms with Crippen LogP contribution >= 0.6 is 7.82 Å². The van der Waals surface area contributed by atoms with Crippen LogP contribution in [0.3, 0.4) is 0 Å². The smallest absolute Gasteiger partial charge is 0.462 e. The molecule has 0 bridgehead atoms. The van der Waals surface area contributed by atoms with Crippen molar-refractivity contribution in [2.24, 2.45) is 0 Å². The molecule has 2 atom stereocenters. The Bertz CT molecular complexity index is 1150. The minimum Gasteiger partial charge on any atom is -0.462 e. The number of phosphoric ester groups is 1. The average molecular weight is 779 g/mol. The number of allylic oxidation sites excluding steroid dienone is 12. The van der Waals surface area contributed by atoms with Gasteiger partial charge in [0.1, 0.15) is 19.8 Å². The van der Waals surface area contributed by atoms with Crippen molar-refractivity contribution in [2.45, 2.75) is 148 Å². The molecule has 0 fully saturated rings. The number of esters is 2. The number of ether oxygens (including phenoxy) is 2. The Morgan fingerprint density at radius 2 is 1.13 bits per heavy atom. The van der Waals surface area contributed by atoms with Crippen LogP contribution in [0.2, 0.25) is 0 Å². The Kier molecular flexibility index (Phi) is 34.4. The van der Waals surface area contributed by atoms with E-state index < -0.39 is 32.5 Å². The molecule has 0 aromatic carbocycles. The van der Waals surface area contributed by atoms with Gasteiger partial charge >= 0.3 is 19.8 Å². The van der Waals surface area contributed by atoms with Gasteiger partial charge in [0.15, 0.2) is 6.10 Å². The predicted octanol–water partition coefficient (Wildman–Crippen LogP) is 11.5. The Labute approximate surface area is 329 Å². The van der Waals surface area contributed by atoms with Crippen LogP contribution in [-0.4, -0.2) is 74.9 Å². The fraction of sp³-hybridized carbons (Fsp3) is 0.682. The molecule has 1 unspecified atom stereocenters. The molecule has 0 saturated heterocycles. The zero-order valence-corrected chi connectivity index (χ0v) is 35.6. The van der Waals surface area contributed by atoms with Crippen LogP contribution in [0, 0.1) is 0 Å². The highest BCUT2D eigenvalue weighted by Gasteiger charge is 2.27. The second kappa shape index (κ2) is 36.1. The van der Waals surface area contributed by atoms with E-state index in [2.05, 4.69) is 56.4 Å². The van der Waals surface area contributed by atoms with Gasteiger partial charge in [-0.05, 0) is 64.2 Å². The van der Waals surface area contributed by atoms with Crippen molar-refractivity contribution in [1.82, 2.24) is 0 Å². The number of likely N-dealkylation sites (N-methyl/N-ethyl adjacent to an activating group) is 1. The lowest BCUT2D eigenvalue weighted by molar-refractivity contribution is -0.870. The van der Waals surface area contributed by atoms with Gasteiger partial charge in [0.25, 0.3) is 0 Å². The molecular weight excluding hydrogens is 701 g/mol. The molecule has 0 aliphatic carbocycles. The molecule has 1 N–H and O–H groups in total. The number of hydrogen-bond acceptors (Lipinski definition) is 7. The quantitative estimate of drug-likeness (QED) is 0.0167. The van der Waals surface area contributed by atoms with Crippen molar-refractivity contribution >= 4 is 19.8 Å². The highest BCUT2D eigenvalue weighted by Crippen LogP contribution is 2.43. The van der Waals surface area contributed by atoms with Crippen LogP contribution in [0.25, 0.3) is 0 Å². The number of hydrogen-bond donors (Lipinski definition) is 1. The zero-order valence-electron chi connectivity index (χ0n) is 34.7. The van der Waals surface area contributed by atoms with Gasteiger partial charge in [-0.15, -0.1) is 0 Å². The minimum atomic E-state index is -4.39. The first-order valence-corrected chi connectivity index (χ1v) is 22.2. The number of carbonyl (C=O) groups excluding carboxylic acids is 2. The average Bonchev–Trinajstić information content (AvgIpc) is 3.12. The summed E-state index contributed by atoms with van der Waals surface area (Å²) in [5.74, 6) is -0.872.